The Morgan fingerprint density at radius 1 is 1.28 bits per heavy atom. The Balaban J connectivity index is 2.70. The van der Waals surface area contributed by atoms with Gasteiger partial charge >= 0.3 is 0 Å². The Labute approximate surface area is 124 Å². The van der Waals surface area contributed by atoms with Crippen molar-refractivity contribution in [2.24, 2.45) is 5.92 Å². The first-order valence-corrected chi connectivity index (χ1v) is 7.90. The van der Waals surface area contributed by atoms with Gasteiger partial charge in [-0.3, -0.25) is 0 Å². The molecule has 1 nitrogen and oxygen atoms in total. The van der Waals surface area contributed by atoms with Gasteiger partial charge in [0.2, 0.25) is 0 Å². The van der Waals surface area contributed by atoms with Gasteiger partial charge in [-0.05, 0) is 36.6 Å². The quantitative estimate of drug-likeness (QED) is 0.687. The maximum Gasteiger partial charge on any atom is 0.0417 e. The normalized spacial score (nSPS) is 13.0. The molecule has 0 saturated heterocycles. The molecule has 1 atom stereocenters. The van der Waals surface area contributed by atoms with Gasteiger partial charge in [0.15, 0.2) is 0 Å². The molecule has 0 aliphatic rings. The monoisotopic (exact) mass is 331 g/mol. The lowest BCUT2D eigenvalue weighted by atomic mass is 9.98. The molecule has 1 aromatic carbocycles. The molecule has 0 aliphatic heterocycles. The molecule has 1 N–H and O–H groups in total. The molecule has 102 valence electrons. The van der Waals surface area contributed by atoms with Crippen molar-refractivity contribution in [1.29, 1.82) is 0 Å². The van der Waals surface area contributed by atoms with Gasteiger partial charge in [-0.1, -0.05) is 67.2 Å². The van der Waals surface area contributed by atoms with Gasteiger partial charge in [-0.25, -0.2) is 0 Å². The van der Waals surface area contributed by atoms with E-state index in [2.05, 4.69) is 48.1 Å². The molecule has 1 aromatic rings. The highest BCUT2D eigenvalue weighted by atomic mass is 79.9. The Morgan fingerprint density at radius 3 is 2.56 bits per heavy atom. The lowest BCUT2D eigenvalue weighted by Gasteiger charge is -2.20. The molecule has 0 aliphatic carbocycles. The van der Waals surface area contributed by atoms with E-state index in [1.54, 1.807) is 0 Å². The first-order valence-electron chi connectivity index (χ1n) is 6.73. The van der Waals surface area contributed by atoms with E-state index in [9.17, 15) is 0 Å². The van der Waals surface area contributed by atoms with E-state index in [4.69, 9.17) is 11.6 Å². The Bertz CT molecular complexity index is 366. The second-order valence-electron chi connectivity index (χ2n) is 5.10. The Kier molecular flexibility index (Phi) is 7.28. The zero-order chi connectivity index (χ0) is 13.5. The SMILES string of the molecule is CCNC(CCCC(C)C)c1ccc(Cl)cc1Br. The van der Waals surface area contributed by atoms with Crippen LogP contribution in [0.15, 0.2) is 22.7 Å². The van der Waals surface area contributed by atoms with Crippen molar-refractivity contribution in [2.45, 2.75) is 46.1 Å². The number of hydrogen-bond donors (Lipinski definition) is 1. The topological polar surface area (TPSA) is 12.0 Å². The van der Waals surface area contributed by atoms with Crippen LogP contribution >= 0.6 is 27.5 Å². The summed E-state index contributed by atoms with van der Waals surface area (Å²) in [5.41, 5.74) is 1.31. The van der Waals surface area contributed by atoms with Crippen molar-refractivity contribution >= 4 is 27.5 Å². The fraction of sp³-hybridized carbons (Fsp3) is 0.600. The Hall–Kier alpha value is -0.0500. The zero-order valence-electron chi connectivity index (χ0n) is 11.5. The van der Waals surface area contributed by atoms with E-state index in [-0.39, 0.29) is 0 Å². The van der Waals surface area contributed by atoms with Gasteiger partial charge in [0.1, 0.15) is 0 Å². The van der Waals surface area contributed by atoms with Crippen LogP contribution < -0.4 is 5.32 Å². The molecule has 1 unspecified atom stereocenters. The summed E-state index contributed by atoms with van der Waals surface area (Å²) in [6.07, 6.45) is 3.71. The lowest BCUT2D eigenvalue weighted by molar-refractivity contribution is 0.454. The largest absolute Gasteiger partial charge is 0.310 e. The minimum atomic E-state index is 0.417. The second kappa shape index (κ2) is 8.19. The molecule has 0 bridgehead atoms. The maximum absolute atomic E-state index is 5.99. The molecule has 0 fully saturated rings. The molecule has 0 radical (unpaired) electrons. The minimum absolute atomic E-state index is 0.417. The van der Waals surface area contributed by atoms with Gasteiger partial charge in [0, 0.05) is 15.5 Å². The molecule has 1 rings (SSSR count). The van der Waals surface area contributed by atoms with Gasteiger partial charge in [-0.2, -0.15) is 0 Å². The molecule has 0 amide bonds. The highest BCUT2D eigenvalue weighted by molar-refractivity contribution is 9.10. The second-order valence-corrected chi connectivity index (χ2v) is 6.39. The number of halogens is 2. The van der Waals surface area contributed by atoms with E-state index < -0.39 is 0 Å². The van der Waals surface area contributed by atoms with Crippen molar-refractivity contribution < 1.29 is 0 Å². The highest BCUT2D eigenvalue weighted by Gasteiger charge is 2.13. The summed E-state index contributed by atoms with van der Waals surface area (Å²) in [7, 11) is 0. The number of benzene rings is 1. The predicted molar refractivity (Wildman–Crippen MR) is 84.3 cm³/mol. The van der Waals surface area contributed by atoms with E-state index in [1.165, 1.54) is 24.8 Å². The average molecular weight is 333 g/mol. The molecule has 0 aromatic heterocycles. The van der Waals surface area contributed by atoms with Gasteiger partial charge in [0.05, 0.1) is 0 Å². The standard InChI is InChI=1S/C15H23BrClN/c1-4-18-15(7-5-6-11(2)3)13-9-8-12(17)10-14(13)16/h8-11,15,18H,4-7H2,1-3H3. The summed E-state index contributed by atoms with van der Waals surface area (Å²) in [6.45, 7) is 7.70. The lowest BCUT2D eigenvalue weighted by Crippen LogP contribution is -2.21. The van der Waals surface area contributed by atoms with Crippen LogP contribution in [-0.4, -0.2) is 6.54 Å². The third-order valence-electron chi connectivity index (χ3n) is 3.06. The first-order chi connectivity index (χ1) is 8.54. The van der Waals surface area contributed by atoms with Gasteiger partial charge in [0.25, 0.3) is 0 Å². The van der Waals surface area contributed by atoms with Crippen LogP contribution in [0.5, 0.6) is 0 Å². The fourth-order valence-electron chi connectivity index (χ4n) is 2.13. The zero-order valence-corrected chi connectivity index (χ0v) is 13.8. The molecule has 0 heterocycles. The molecule has 3 heteroatoms. The highest BCUT2D eigenvalue weighted by Crippen LogP contribution is 2.29. The average Bonchev–Trinajstić information content (AvgIpc) is 2.28. The Morgan fingerprint density at radius 2 is 2.00 bits per heavy atom. The third-order valence-corrected chi connectivity index (χ3v) is 3.98. The van der Waals surface area contributed by atoms with Crippen molar-refractivity contribution in [3.8, 4) is 0 Å². The van der Waals surface area contributed by atoms with Crippen molar-refractivity contribution in [3.63, 3.8) is 0 Å². The third kappa shape index (κ3) is 5.29. The van der Waals surface area contributed by atoms with E-state index >= 15 is 0 Å². The van der Waals surface area contributed by atoms with Crippen LogP contribution in [0.1, 0.15) is 51.6 Å². The van der Waals surface area contributed by atoms with Crippen molar-refractivity contribution in [2.75, 3.05) is 6.54 Å². The van der Waals surface area contributed by atoms with Gasteiger partial charge in [-0.15, -0.1) is 0 Å². The first kappa shape index (κ1) is 16.0. The fourth-order valence-corrected chi connectivity index (χ4v) is 3.09. The molecule has 0 saturated carbocycles. The van der Waals surface area contributed by atoms with Crippen LogP contribution in [-0.2, 0) is 0 Å². The molecular formula is C15H23BrClN. The number of nitrogens with one attached hydrogen (secondary N) is 1. The summed E-state index contributed by atoms with van der Waals surface area (Å²) in [4.78, 5) is 0. The summed E-state index contributed by atoms with van der Waals surface area (Å²) < 4.78 is 1.10. The van der Waals surface area contributed by atoms with E-state index in [0.717, 1.165) is 22.0 Å². The van der Waals surface area contributed by atoms with Crippen LogP contribution in [0.25, 0.3) is 0 Å². The van der Waals surface area contributed by atoms with Crippen LogP contribution in [0.3, 0.4) is 0 Å². The van der Waals surface area contributed by atoms with Crippen LogP contribution in [0.4, 0.5) is 0 Å². The van der Waals surface area contributed by atoms with Crippen LogP contribution in [0.2, 0.25) is 5.02 Å². The number of hydrogen-bond acceptors (Lipinski definition) is 1. The molecule has 18 heavy (non-hydrogen) atoms. The van der Waals surface area contributed by atoms with Crippen molar-refractivity contribution in [1.82, 2.24) is 5.32 Å². The van der Waals surface area contributed by atoms with Crippen LogP contribution in [0, 0.1) is 5.92 Å². The minimum Gasteiger partial charge on any atom is -0.310 e. The molecule has 0 spiro atoms. The van der Waals surface area contributed by atoms with E-state index in [0.29, 0.717) is 6.04 Å². The maximum atomic E-state index is 5.99. The number of rotatable bonds is 7. The summed E-state index contributed by atoms with van der Waals surface area (Å²) in [5, 5.41) is 4.34. The van der Waals surface area contributed by atoms with E-state index in [1.807, 2.05) is 12.1 Å². The summed E-state index contributed by atoms with van der Waals surface area (Å²) >= 11 is 9.61. The van der Waals surface area contributed by atoms with Crippen molar-refractivity contribution in [3.05, 3.63) is 33.3 Å². The molecular weight excluding hydrogens is 310 g/mol. The van der Waals surface area contributed by atoms with Gasteiger partial charge < -0.3 is 5.32 Å². The smallest absolute Gasteiger partial charge is 0.0417 e. The summed E-state index contributed by atoms with van der Waals surface area (Å²) in [6, 6.07) is 6.48. The summed E-state index contributed by atoms with van der Waals surface area (Å²) in [5.74, 6) is 0.779. The predicted octanol–water partition coefficient (Wildman–Crippen LogP) is 5.58.